The number of furan rings is 1. The predicted molar refractivity (Wildman–Crippen MR) is 63.3 cm³/mol. The highest BCUT2D eigenvalue weighted by molar-refractivity contribution is 14.1. The smallest absolute Gasteiger partial charge is 0.274 e. The molecule has 1 aliphatic heterocycles. The Kier molecular flexibility index (Phi) is 2.55. The lowest BCUT2D eigenvalue weighted by molar-refractivity contribution is -0.115. The van der Waals surface area contributed by atoms with Gasteiger partial charge >= 0.3 is 0 Å². The van der Waals surface area contributed by atoms with E-state index < -0.39 is 0 Å². The summed E-state index contributed by atoms with van der Waals surface area (Å²) in [6.07, 6.45) is 1.61. The molecule has 0 radical (unpaired) electrons. The Morgan fingerprint density at radius 3 is 2.71 bits per heavy atom. The zero-order valence-electron chi connectivity index (χ0n) is 6.83. The lowest BCUT2D eigenvalue weighted by Gasteiger charge is -1.91. The van der Waals surface area contributed by atoms with Crippen LogP contribution in [-0.4, -0.2) is 11.0 Å². The number of hydrogen-bond donors (Lipinski definition) is 2. The molecule has 1 fully saturated rings. The molecule has 2 rings (SSSR count). The fourth-order valence-electron chi connectivity index (χ4n) is 1.03. The molecule has 0 aliphatic carbocycles. The number of nitrogens with one attached hydrogen (secondary N) is 2. The van der Waals surface area contributed by atoms with Crippen molar-refractivity contribution in [1.29, 1.82) is 0 Å². The van der Waals surface area contributed by atoms with Crippen LogP contribution in [0.4, 0.5) is 0 Å². The van der Waals surface area contributed by atoms with Gasteiger partial charge in [0.05, 0.1) is 0 Å². The number of rotatable bonds is 1. The number of halogens is 1. The van der Waals surface area contributed by atoms with Gasteiger partial charge in [0.15, 0.2) is 8.88 Å². The van der Waals surface area contributed by atoms with Crippen molar-refractivity contribution in [3.05, 3.63) is 27.4 Å². The molecule has 14 heavy (non-hydrogen) atoms. The molecule has 1 aromatic rings. The van der Waals surface area contributed by atoms with Gasteiger partial charge in [-0.3, -0.25) is 10.1 Å². The molecule has 0 atom stereocenters. The lowest BCUT2D eigenvalue weighted by Crippen LogP contribution is -2.21. The molecule has 0 unspecified atom stereocenters. The van der Waals surface area contributed by atoms with E-state index in [9.17, 15) is 4.79 Å². The lowest BCUT2D eigenvalue weighted by atomic mass is 10.3. The van der Waals surface area contributed by atoms with Crippen LogP contribution >= 0.6 is 34.8 Å². The minimum absolute atomic E-state index is 0.235. The zero-order chi connectivity index (χ0) is 10.1. The average Bonchev–Trinajstić information content (AvgIpc) is 2.61. The second-order valence-corrected chi connectivity index (χ2v) is 4.08. The van der Waals surface area contributed by atoms with E-state index in [0.29, 0.717) is 16.6 Å². The Balaban J connectivity index is 2.27. The quantitative estimate of drug-likeness (QED) is 0.464. The number of carbonyl (C=O) groups excluding carboxylic acids is 1. The third-order valence-corrected chi connectivity index (χ3v) is 2.38. The summed E-state index contributed by atoms with van der Waals surface area (Å²) in [4.78, 5) is 11.2. The summed E-state index contributed by atoms with van der Waals surface area (Å²) in [6, 6.07) is 3.60. The Labute approximate surface area is 98.9 Å². The first kappa shape index (κ1) is 9.66. The fourth-order valence-corrected chi connectivity index (χ4v) is 1.67. The van der Waals surface area contributed by atoms with E-state index in [4.69, 9.17) is 16.6 Å². The molecule has 4 nitrogen and oxygen atoms in total. The monoisotopic (exact) mass is 320 g/mol. The molecule has 1 saturated heterocycles. The zero-order valence-corrected chi connectivity index (χ0v) is 9.81. The van der Waals surface area contributed by atoms with Crippen LogP contribution in [0.3, 0.4) is 0 Å². The van der Waals surface area contributed by atoms with E-state index in [0.717, 1.165) is 3.77 Å². The van der Waals surface area contributed by atoms with Crippen molar-refractivity contribution in [2.75, 3.05) is 0 Å². The van der Waals surface area contributed by atoms with Crippen molar-refractivity contribution in [2.45, 2.75) is 0 Å². The van der Waals surface area contributed by atoms with Gasteiger partial charge in [0.2, 0.25) is 0 Å². The second kappa shape index (κ2) is 3.70. The normalized spacial score (nSPS) is 18.5. The first-order chi connectivity index (χ1) is 6.65. The molecule has 1 amide bonds. The highest BCUT2D eigenvalue weighted by Crippen LogP contribution is 2.13. The molecule has 0 aromatic carbocycles. The topological polar surface area (TPSA) is 54.3 Å². The van der Waals surface area contributed by atoms with Gasteiger partial charge in [-0.1, -0.05) is 0 Å². The third-order valence-electron chi connectivity index (χ3n) is 1.60. The van der Waals surface area contributed by atoms with Crippen LogP contribution in [0.2, 0.25) is 0 Å². The highest BCUT2D eigenvalue weighted by Gasteiger charge is 2.20. The van der Waals surface area contributed by atoms with Gasteiger partial charge in [0, 0.05) is 6.08 Å². The number of hydrogen-bond acceptors (Lipinski definition) is 3. The SMILES string of the molecule is O=C1NC(=S)N/C1=C\c1ccc(I)o1. The van der Waals surface area contributed by atoms with E-state index in [1.165, 1.54) is 0 Å². The maximum Gasteiger partial charge on any atom is 0.274 e. The van der Waals surface area contributed by atoms with E-state index in [-0.39, 0.29) is 5.91 Å². The third kappa shape index (κ3) is 1.95. The summed E-state index contributed by atoms with van der Waals surface area (Å²) < 4.78 is 6.05. The van der Waals surface area contributed by atoms with Crippen LogP contribution in [0.5, 0.6) is 0 Å². The van der Waals surface area contributed by atoms with Gasteiger partial charge in [0.25, 0.3) is 5.91 Å². The summed E-state index contributed by atoms with van der Waals surface area (Å²) in [5, 5.41) is 5.52. The first-order valence-electron chi connectivity index (χ1n) is 3.74. The van der Waals surface area contributed by atoms with Gasteiger partial charge in [-0.15, -0.1) is 0 Å². The molecule has 72 valence electrons. The Morgan fingerprint density at radius 1 is 1.43 bits per heavy atom. The molecule has 1 aliphatic rings. The number of amides is 1. The Hall–Kier alpha value is -0.890. The van der Waals surface area contributed by atoms with E-state index in [2.05, 4.69) is 33.2 Å². The minimum Gasteiger partial charge on any atom is -0.451 e. The van der Waals surface area contributed by atoms with Crippen molar-refractivity contribution < 1.29 is 9.21 Å². The van der Waals surface area contributed by atoms with E-state index in [1.807, 2.05) is 6.07 Å². The van der Waals surface area contributed by atoms with Crippen molar-refractivity contribution in [2.24, 2.45) is 0 Å². The van der Waals surface area contributed by atoms with E-state index in [1.54, 1.807) is 12.1 Å². The second-order valence-electron chi connectivity index (χ2n) is 2.61. The van der Waals surface area contributed by atoms with Crippen LogP contribution in [0.15, 0.2) is 22.2 Å². The van der Waals surface area contributed by atoms with Crippen LogP contribution in [0.1, 0.15) is 5.76 Å². The fraction of sp³-hybridized carbons (Fsp3) is 0. The highest BCUT2D eigenvalue weighted by atomic mass is 127. The Morgan fingerprint density at radius 2 is 2.21 bits per heavy atom. The van der Waals surface area contributed by atoms with Crippen LogP contribution in [-0.2, 0) is 4.79 Å². The summed E-state index contributed by atoms with van der Waals surface area (Å²) >= 11 is 6.83. The predicted octanol–water partition coefficient (Wildman–Crippen LogP) is 1.23. The minimum atomic E-state index is -0.235. The van der Waals surface area contributed by atoms with Crippen LogP contribution < -0.4 is 10.6 Å². The first-order valence-corrected chi connectivity index (χ1v) is 5.23. The summed E-state index contributed by atoms with van der Waals surface area (Å²) in [5.41, 5.74) is 0.403. The number of thiocarbonyl (C=S) groups is 1. The van der Waals surface area contributed by atoms with Gasteiger partial charge in [0.1, 0.15) is 11.5 Å². The van der Waals surface area contributed by atoms with E-state index >= 15 is 0 Å². The van der Waals surface area contributed by atoms with Crippen LogP contribution in [0.25, 0.3) is 6.08 Å². The van der Waals surface area contributed by atoms with Crippen molar-refractivity contribution in [1.82, 2.24) is 10.6 Å². The maximum atomic E-state index is 11.2. The summed E-state index contributed by atoms with van der Waals surface area (Å²) in [7, 11) is 0. The summed E-state index contributed by atoms with van der Waals surface area (Å²) in [5.74, 6) is 0.387. The van der Waals surface area contributed by atoms with Crippen LogP contribution in [0, 0.1) is 3.77 Å². The Bertz CT molecular complexity index is 438. The van der Waals surface area contributed by atoms with Crippen molar-refractivity contribution >= 4 is 51.9 Å². The number of carbonyl (C=O) groups is 1. The molecule has 2 heterocycles. The van der Waals surface area contributed by atoms with Gasteiger partial charge in [-0.2, -0.15) is 0 Å². The molecule has 2 N–H and O–H groups in total. The molecule has 0 saturated carbocycles. The van der Waals surface area contributed by atoms with Gasteiger partial charge < -0.3 is 9.73 Å². The van der Waals surface area contributed by atoms with Gasteiger partial charge in [-0.25, -0.2) is 0 Å². The van der Waals surface area contributed by atoms with Gasteiger partial charge in [-0.05, 0) is 46.9 Å². The van der Waals surface area contributed by atoms with Crippen molar-refractivity contribution in [3.63, 3.8) is 0 Å². The molecule has 0 bridgehead atoms. The molecule has 1 aromatic heterocycles. The average molecular weight is 320 g/mol. The van der Waals surface area contributed by atoms with Crippen molar-refractivity contribution in [3.8, 4) is 0 Å². The molecule has 6 heteroatoms. The maximum absolute atomic E-state index is 11.2. The molecular formula is C8H5IN2O2S. The largest absolute Gasteiger partial charge is 0.451 e. The standard InChI is InChI=1S/C8H5IN2O2S/c9-6-2-1-4(13-6)3-5-7(12)11-8(14)10-5/h1-3H,(H2,10,11,12,14)/b5-3-. The summed E-state index contributed by atoms with van der Waals surface area (Å²) in [6.45, 7) is 0. The molecule has 0 spiro atoms. The molecular weight excluding hydrogens is 315 g/mol.